The maximum atomic E-state index is 11.5. The summed E-state index contributed by atoms with van der Waals surface area (Å²) in [5, 5.41) is 0. The van der Waals surface area contributed by atoms with Crippen molar-refractivity contribution in [3.05, 3.63) is 32.7 Å². The third-order valence-corrected chi connectivity index (χ3v) is 2.89. The predicted octanol–water partition coefficient (Wildman–Crippen LogP) is 1.95. The van der Waals surface area contributed by atoms with E-state index < -0.39 is 0 Å². The molecule has 1 aromatic rings. The van der Waals surface area contributed by atoms with Gasteiger partial charge in [-0.25, -0.2) is 0 Å². The Kier molecular flexibility index (Phi) is 2.05. The minimum absolute atomic E-state index is 0.118. The molecule has 0 radical (unpaired) electrons. The second-order valence-electron chi connectivity index (χ2n) is 3.09. The van der Waals surface area contributed by atoms with E-state index in [0.717, 1.165) is 19.4 Å². The molecule has 0 N–H and O–H groups in total. The van der Waals surface area contributed by atoms with Crippen molar-refractivity contribution < 1.29 is 0 Å². The van der Waals surface area contributed by atoms with Crippen molar-refractivity contribution in [3.8, 4) is 0 Å². The fraction of sp³-hybridized carbons (Fsp3) is 0.444. The molecule has 1 aromatic heterocycles. The molecule has 1 aliphatic rings. The molecular weight excluding hydrogens is 218 g/mol. The molecule has 0 atom stereocenters. The summed E-state index contributed by atoms with van der Waals surface area (Å²) < 4.78 is 2.54. The van der Waals surface area contributed by atoms with Gasteiger partial charge < -0.3 is 4.57 Å². The van der Waals surface area contributed by atoms with Gasteiger partial charge in [-0.3, -0.25) is 4.79 Å². The molecule has 1 aliphatic heterocycles. The van der Waals surface area contributed by atoms with Gasteiger partial charge in [-0.1, -0.05) is 0 Å². The van der Waals surface area contributed by atoms with Gasteiger partial charge in [-0.05, 0) is 47.3 Å². The zero-order valence-corrected chi connectivity index (χ0v) is 8.30. The number of rotatable bonds is 0. The lowest BCUT2D eigenvalue weighted by molar-refractivity contribution is 0.512. The summed E-state index contributed by atoms with van der Waals surface area (Å²) in [4.78, 5) is 11.5. The van der Waals surface area contributed by atoms with Crippen molar-refractivity contribution >= 4 is 15.9 Å². The van der Waals surface area contributed by atoms with Gasteiger partial charge in [0, 0.05) is 12.2 Å². The quantitative estimate of drug-likeness (QED) is 0.665. The molecular formula is C9H10BrNO. The normalized spacial score (nSPS) is 15.8. The number of nitrogens with zero attached hydrogens (tertiary/aromatic N) is 1. The molecule has 12 heavy (non-hydrogen) atoms. The van der Waals surface area contributed by atoms with Gasteiger partial charge in [0.15, 0.2) is 0 Å². The van der Waals surface area contributed by atoms with Crippen molar-refractivity contribution in [1.82, 2.24) is 4.57 Å². The Morgan fingerprint density at radius 2 is 2.17 bits per heavy atom. The van der Waals surface area contributed by atoms with E-state index in [2.05, 4.69) is 15.9 Å². The Bertz CT molecular complexity index is 356. The van der Waals surface area contributed by atoms with Crippen molar-refractivity contribution in [2.75, 3.05) is 0 Å². The van der Waals surface area contributed by atoms with Crippen LogP contribution in [0.1, 0.15) is 18.5 Å². The molecule has 0 fully saturated rings. The Hall–Kier alpha value is -0.570. The van der Waals surface area contributed by atoms with Crippen molar-refractivity contribution in [3.63, 3.8) is 0 Å². The Morgan fingerprint density at radius 3 is 3.00 bits per heavy atom. The molecule has 2 rings (SSSR count). The second kappa shape index (κ2) is 3.05. The number of aromatic nitrogens is 1. The molecule has 0 aliphatic carbocycles. The lowest BCUT2D eigenvalue weighted by Gasteiger charge is -2.17. The minimum atomic E-state index is 0.118. The maximum Gasteiger partial charge on any atom is 0.265 e. The van der Waals surface area contributed by atoms with Crippen LogP contribution < -0.4 is 5.56 Å². The van der Waals surface area contributed by atoms with Crippen LogP contribution in [0.2, 0.25) is 0 Å². The van der Waals surface area contributed by atoms with E-state index in [-0.39, 0.29) is 5.56 Å². The lowest BCUT2D eigenvalue weighted by atomic mass is 10.1. The van der Waals surface area contributed by atoms with E-state index in [1.54, 1.807) is 0 Å². The van der Waals surface area contributed by atoms with Crippen molar-refractivity contribution in [1.29, 1.82) is 0 Å². The smallest absolute Gasteiger partial charge is 0.265 e. The van der Waals surface area contributed by atoms with E-state index in [9.17, 15) is 4.79 Å². The van der Waals surface area contributed by atoms with Crippen LogP contribution >= 0.6 is 15.9 Å². The van der Waals surface area contributed by atoms with Crippen LogP contribution in [-0.4, -0.2) is 4.57 Å². The third kappa shape index (κ3) is 1.22. The molecule has 0 unspecified atom stereocenters. The molecule has 0 spiro atoms. The summed E-state index contributed by atoms with van der Waals surface area (Å²) in [5.74, 6) is 0. The van der Waals surface area contributed by atoms with Crippen molar-refractivity contribution in [2.24, 2.45) is 0 Å². The Labute approximate surface area is 79.3 Å². The van der Waals surface area contributed by atoms with E-state index in [1.807, 2.05) is 16.7 Å². The summed E-state index contributed by atoms with van der Waals surface area (Å²) in [6.45, 7) is 0.883. The number of halogens is 1. The highest BCUT2D eigenvalue weighted by Crippen LogP contribution is 2.13. The molecule has 0 aromatic carbocycles. The second-order valence-corrected chi connectivity index (χ2v) is 3.94. The highest BCUT2D eigenvalue weighted by molar-refractivity contribution is 9.10. The van der Waals surface area contributed by atoms with Crippen LogP contribution in [0.15, 0.2) is 21.4 Å². The number of pyridine rings is 1. The van der Waals surface area contributed by atoms with E-state index >= 15 is 0 Å². The fourth-order valence-corrected chi connectivity index (χ4v) is 1.98. The van der Waals surface area contributed by atoms with Gasteiger partial charge in [0.25, 0.3) is 5.56 Å². The monoisotopic (exact) mass is 227 g/mol. The first kappa shape index (κ1) is 8.05. The molecule has 0 bridgehead atoms. The SMILES string of the molecule is O=c1c(Br)ccc2n1CCCC2. The predicted molar refractivity (Wildman–Crippen MR) is 51.3 cm³/mol. The average Bonchev–Trinajstić information content (AvgIpc) is 2.12. The maximum absolute atomic E-state index is 11.5. The summed E-state index contributed by atoms with van der Waals surface area (Å²) in [5.41, 5.74) is 1.29. The van der Waals surface area contributed by atoms with Gasteiger partial charge >= 0.3 is 0 Å². The number of fused-ring (bicyclic) bond motifs is 1. The topological polar surface area (TPSA) is 22.0 Å². The zero-order chi connectivity index (χ0) is 8.55. The van der Waals surface area contributed by atoms with Crippen LogP contribution in [0.4, 0.5) is 0 Å². The Balaban J connectivity index is 2.62. The number of hydrogen-bond acceptors (Lipinski definition) is 1. The molecule has 2 heterocycles. The number of hydrogen-bond donors (Lipinski definition) is 0. The largest absolute Gasteiger partial charge is 0.312 e. The summed E-state index contributed by atoms with van der Waals surface area (Å²) >= 11 is 3.24. The summed E-state index contributed by atoms with van der Waals surface area (Å²) in [6, 6.07) is 3.88. The third-order valence-electron chi connectivity index (χ3n) is 2.28. The molecule has 64 valence electrons. The molecule has 3 heteroatoms. The van der Waals surface area contributed by atoms with Crippen LogP contribution in [0.5, 0.6) is 0 Å². The van der Waals surface area contributed by atoms with Gasteiger partial charge in [0.2, 0.25) is 0 Å². The van der Waals surface area contributed by atoms with Gasteiger partial charge in [0.1, 0.15) is 0 Å². The van der Waals surface area contributed by atoms with Crippen LogP contribution in [0.3, 0.4) is 0 Å². The highest BCUT2D eigenvalue weighted by Gasteiger charge is 2.10. The first-order valence-corrected chi connectivity index (χ1v) is 4.96. The molecule has 0 amide bonds. The van der Waals surface area contributed by atoms with Gasteiger partial charge in [-0.15, -0.1) is 0 Å². The first-order chi connectivity index (χ1) is 5.79. The summed E-state index contributed by atoms with van der Waals surface area (Å²) in [6.07, 6.45) is 3.38. The fourth-order valence-electron chi connectivity index (χ4n) is 1.63. The standard InChI is InChI=1S/C9H10BrNO/c10-8-5-4-7-3-1-2-6-11(7)9(8)12/h4-5H,1-3,6H2. The van der Waals surface area contributed by atoms with E-state index in [1.165, 1.54) is 12.1 Å². The minimum Gasteiger partial charge on any atom is -0.312 e. The lowest BCUT2D eigenvalue weighted by Crippen LogP contribution is -2.26. The van der Waals surface area contributed by atoms with Crippen LogP contribution in [-0.2, 0) is 13.0 Å². The van der Waals surface area contributed by atoms with Gasteiger partial charge in [-0.2, -0.15) is 0 Å². The average molecular weight is 228 g/mol. The number of aryl methyl sites for hydroxylation is 1. The van der Waals surface area contributed by atoms with Gasteiger partial charge in [0.05, 0.1) is 4.47 Å². The Morgan fingerprint density at radius 1 is 1.33 bits per heavy atom. The van der Waals surface area contributed by atoms with E-state index in [0.29, 0.717) is 4.47 Å². The van der Waals surface area contributed by atoms with E-state index in [4.69, 9.17) is 0 Å². The molecule has 0 saturated heterocycles. The first-order valence-electron chi connectivity index (χ1n) is 4.17. The summed E-state index contributed by atoms with van der Waals surface area (Å²) in [7, 11) is 0. The van der Waals surface area contributed by atoms with Crippen LogP contribution in [0, 0.1) is 0 Å². The zero-order valence-electron chi connectivity index (χ0n) is 6.72. The van der Waals surface area contributed by atoms with Crippen LogP contribution in [0.25, 0.3) is 0 Å². The highest BCUT2D eigenvalue weighted by atomic mass is 79.9. The van der Waals surface area contributed by atoms with Crippen molar-refractivity contribution in [2.45, 2.75) is 25.8 Å². The molecule has 0 saturated carbocycles. The molecule has 2 nitrogen and oxygen atoms in total.